The molecule has 0 aromatic heterocycles. The van der Waals surface area contributed by atoms with E-state index in [-0.39, 0.29) is 17.1 Å². The summed E-state index contributed by atoms with van der Waals surface area (Å²) in [4.78, 5) is 43.6. The van der Waals surface area contributed by atoms with Crippen LogP contribution < -0.4 is 5.32 Å². The molecule has 0 saturated carbocycles. The van der Waals surface area contributed by atoms with Crippen LogP contribution in [0.15, 0.2) is 53.0 Å². The molecule has 144 valence electrons. The number of rotatable bonds is 7. The van der Waals surface area contributed by atoms with Crippen LogP contribution in [0.1, 0.15) is 5.56 Å². The number of nitrogens with one attached hydrogen (secondary N) is 1. The number of benzene rings is 2. The van der Waals surface area contributed by atoms with Gasteiger partial charge in [0.05, 0.1) is 15.5 Å². The molecule has 2 rings (SSSR count). The highest BCUT2D eigenvalue weighted by Gasteiger charge is 2.12. The van der Waals surface area contributed by atoms with Gasteiger partial charge in [-0.2, -0.15) is 0 Å². The number of amides is 1. The van der Waals surface area contributed by atoms with Crippen LogP contribution in [0.5, 0.6) is 0 Å². The summed E-state index contributed by atoms with van der Waals surface area (Å²) in [5.74, 6) is -1.41. The third kappa shape index (κ3) is 5.99. The molecule has 0 bridgehead atoms. The second kappa shape index (κ2) is 9.37. The van der Waals surface area contributed by atoms with Gasteiger partial charge in [-0.3, -0.25) is 25.0 Å². The number of esters is 1. The molecular weight excluding hydrogens is 438 g/mol. The highest BCUT2D eigenvalue weighted by atomic mass is 79.9. The minimum atomic E-state index is -0.781. The quantitative estimate of drug-likeness (QED) is 0.295. The summed E-state index contributed by atoms with van der Waals surface area (Å²) >= 11 is 3.11. The van der Waals surface area contributed by atoms with Gasteiger partial charge in [0.15, 0.2) is 6.61 Å². The van der Waals surface area contributed by atoms with Crippen LogP contribution in [0.2, 0.25) is 0 Å². The zero-order valence-electron chi connectivity index (χ0n) is 14.0. The number of nitro benzene ring substituents is 2. The van der Waals surface area contributed by atoms with E-state index in [1.807, 2.05) is 0 Å². The molecular formula is C17H12BrN3O7. The van der Waals surface area contributed by atoms with E-state index in [2.05, 4.69) is 21.2 Å². The molecule has 1 amide bonds. The molecule has 1 N–H and O–H groups in total. The summed E-state index contributed by atoms with van der Waals surface area (Å²) in [6, 6.07) is 9.30. The zero-order chi connectivity index (χ0) is 20.7. The van der Waals surface area contributed by atoms with Crippen LogP contribution in [0.4, 0.5) is 17.1 Å². The van der Waals surface area contributed by atoms with Crippen LogP contribution in [-0.4, -0.2) is 28.3 Å². The average Bonchev–Trinajstić information content (AvgIpc) is 2.66. The van der Waals surface area contributed by atoms with Crippen LogP contribution in [-0.2, 0) is 14.3 Å². The number of anilines is 1. The first-order valence-corrected chi connectivity index (χ1v) is 8.38. The number of non-ortho nitro benzene ring substituents is 2. The Labute approximate surface area is 166 Å². The fourth-order valence-electron chi connectivity index (χ4n) is 1.96. The van der Waals surface area contributed by atoms with Gasteiger partial charge in [0.1, 0.15) is 0 Å². The first-order chi connectivity index (χ1) is 13.3. The maximum Gasteiger partial charge on any atom is 0.331 e. The monoisotopic (exact) mass is 449 g/mol. The lowest BCUT2D eigenvalue weighted by Crippen LogP contribution is -2.20. The number of carbonyl (C=O) groups is 2. The summed E-state index contributed by atoms with van der Waals surface area (Å²) in [6.07, 6.45) is 2.47. The van der Waals surface area contributed by atoms with Gasteiger partial charge in [-0.15, -0.1) is 0 Å². The number of hydrogen-bond acceptors (Lipinski definition) is 7. The standard InChI is InChI=1S/C17H12BrN3O7/c18-14-9-13(21(26)27)6-7-15(14)19-16(22)10-28-17(23)8-3-11-1-4-12(5-2-11)20(24)25/h1-9H,10H2,(H,19,22)/b8-3+. The molecule has 2 aromatic carbocycles. The number of ether oxygens (including phenoxy) is 1. The Kier molecular flexibility index (Phi) is 6.93. The van der Waals surface area contributed by atoms with Crippen molar-refractivity contribution in [1.29, 1.82) is 0 Å². The molecule has 0 aliphatic rings. The summed E-state index contributed by atoms with van der Waals surface area (Å²) in [5, 5.41) is 23.7. The average molecular weight is 450 g/mol. The summed E-state index contributed by atoms with van der Waals surface area (Å²) in [7, 11) is 0. The number of hydrogen-bond donors (Lipinski definition) is 1. The molecule has 10 nitrogen and oxygen atoms in total. The van der Waals surface area contributed by atoms with Gasteiger partial charge in [-0.1, -0.05) is 0 Å². The largest absolute Gasteiger partial charge is 0.452 e. The Morgan fingerprint density at radius 1 is 1.04 bits per heavy atom. The smallest absolute Gasteiger partial charge is 0.331 e. The molecule has 11 heteroatoms. The fourth-order valence-corrected chi connectivity index (χ4v) is 2.43. The first-order valence-electron chi connectivity index (χ1n) is 7.59. The SMILES string of the molecule is O=C(COC(=O)/C=C/c1ccc([N+](=O)[O-])cc1)Nc1ccc([N+](=O)[O-])cc1Br. The van der Waals surface area contributed by atoms with E-state index in [1.165, 1.54) is 48.5 Å². The van der Waals surface area contributed by atoms with Crippen LogP contribution in [0, 0.1) is 20.2 Å². The Hall–Kier alpha value is -3.60. The second-order valence-corrected chi connectivity index (χ2v) is 6.11. The Bertz CT molecular complexity index is 958. The zero-order valence-corrected chi connectivity index (χ0v) is 15.6. The van der Waals surface area contributed by atoms with Crippen LogP contribution in [0.25, 0.3) is 6.08 Å². The predicted octanol–water partition coefficient (Wildman–Crippen LogP) is 3.46. The molecule has 0 heterocycles. The Morgan fingerprint density at radius 3 is 2.21 bits per heavy atom. The molecule has 0 unspecified atom stereocenters. The molecule has 0 atom stereocenters. The van der Waals surface area contributed by atoms with Gasteiger partial charge in [0, 0.05) is 34.8 Å². The lowest BCUT2D eigenvalue weighted by molar-refractivity contribution is -0.385. The second-order valence-electron chi connectivity index (χ2n) is 5.26. The molecule has 0 saturated heterocycles. The normalized spacial score (nSPS) is 10.5. The fraction of sp³-hybridized carbons (Fsp3) is 0.0588. The van der Waals surface area contributed by atoms with Gasteiger partial charge in [-0.25, -0.2) is 4.79 Å². The van der Waals surface area contributed by atoms with Crippen LogP contribution >= 0.6 is 15.9 Å². The van der Waals surface area contributed by atoms with Crippen molar-refractivity contribution in [2.24, 2.45) is 0 Å². The third-order valence-corrected chi connectivity index (χ3v) is 3.95. The van der Waals surface area contributed by atoms with E-state index in [1.54, 1.807) is 0 Å². The lowest BCUT2D eigenvalue weighted by atomic mass is 10.2. The molecule has 0 radical (unpaired) electrons. The molecule has 2 aromatic rings. The van der Waals surface area contributed by atoms with Gasteiger partial charge in [-0.05, 0) is 45.8 Å². The van der Waals surface area contributed by atoms with Crippen molar-refractivity contribution in [3.63, 3.8) is 0 Å². The summed E-state index contributed by atoms with van der Waals surface area (Å²) in [5.41, 5.74) is 0.608. The van der Waals surface area contributed by atoms with Crippen molar-refractivity contribution >= 4 is 50.9 Å². The van der Waals surface area contributed by atoms with Crippen molar-refractivity contribution in [2.45, 2.75) is 0 Å². The third-order valence-electron chi connectivity index (χ3n) is 3.30. The minimum Gasteiger partial charge on any atom is -0.452 e. The van der Waals surface area contributed by atoms with Gasteiger partial charge >= 0.3 is 5.97 Å². The summed E-state index contributed by atoms with van der Waals surface area (Å²) < 4.78 is 5.10. The van der Waals surface area contributed by atoms with E-state index in [9.17, 15) is 29.8 Å². The van der Waals surface area contributed by atoms with E-state index < -0.39 is 28.3 Å². The van der Waals surface area contributed by atoms with Crippen molar-refractivity contribution in [2.75, 3.05) is 11.9 Å². The van der Waals surface area contributed by atoms with E-state index in [0.717, 1.165) is 6.08 Å². The Morgan fingerprint density at radius 2 is 1.64 bits per heavy atom. The van der Waals surface area contributed by atoms with Gasteiger partial charge in [0.2, 0.25) is 0 Å². The molecule has 0 spiro atoms. The summed E-state index contributed by atoms with van der Waals surface area (Å²) in [6.45, 7) is -0.563. The maximum absolute atomic E-state index is 11.8. The van der Waals surface area contributed by atoms with Crippen molar-refractivity contribution in [3.8, 4) is 0 Å². The van der Waals surface area contributed by atoms with Gasteiger partial charge in [0.25, 0.3) is 17.3 Å². The van der Waals surface area contributed by atoms with Crippen molar-refractivity contribution in [3.05, 3.63) is 78.8 Å². The van der Waals surface area contributed by atoms with Crippen LogP contribution in [0.3, 0.4) is 0 Å². The predicted molar refractivity (Wildman–Crippen MR) is 103 cm³/mol. The lowest BCUT2D eigenvalue weighted by Gasteiger charge is -2.07. The van der Waals surface area contributed by atoms with Crippen molar-refractivity contribution in [1.82, 2.24) is 0 Å². The topological polar surface area (TPSA) is 142 Å². The van der Waals surface area contributed by atoms with E-state index in [0.29, 0.717) is 10.0 Å². The van der Waals surface area contributed by atoms with E-state index >= 15 is 0 Å². The Balaban J connectivity index is 1.86. The minimum absolute atomic E-state index is 0.0752. The first kappa shape index (κ1) is 20.7. The highest BCUT2D eigenvalue weighted by Crippen LogP contribution is 2.27. The molecule has 0 aliphatic heterocycles. The number of halogens is 1. The number of nitrogens with zero attached hydrogens (tertiary/aromatic N) is 2. The maximum atomic E-state index is 11.8. The van der Waals surface area contributed by atoms with Crippen molar-refractivity contribution < 1.29 is 24.2 Å². The molecule has 0 aliphatic carbocycles. The number of nitro groups is 2. The number of carbonyl (C=O) groups excluding carboxylic acids is 2. The molecule has 28 heavy (non-hydrogen) atoms. The highest BCUT2D eigenvalue weighted by molar-refractivity contribution is 9.10. The van der Waals surface area contributed by atoms with Gasteiger partial charge < -0.3 is 10.1 Å². The molecule has 0 fully saturated rings. The van der Waals surface area contributed by atoms with E-state index in [4.69, 9.17) is 4.74 Å².